The number of nitrogens with two attached hydrogens (primary N) is 2. The molecular weight excluding hydrogens is 655 g/mol. The van der Waals surface area contributed by atoms with E-state index < -0.39 is 86.4 Å². The van der Waals surface area contributed by atoms with Crippen molar-refractivity contribution in [1.82, 2.24) is 21.3 Å². The molecule has 48 heavy (non-hydrogen) atoms. The highest BCUT2D eigenvalue weighted by atomic mass is 31.2. The summed E-state index contributed by atoms with van der Waals surface area (Å²) < 4.78 is 15.5. The summed E-state index contributed by atoms with van der Waals surface area (Å²) in [5.41, 5.74) is 11.6. The van der Waals surface area contributed by atoms with E-state index in [4.69, 9.17) is 21.3 Å². The number of amides is 5. The molecule has 12 N–H and O–H groups in total. The number of primary amides is 1. The van der Waals surface area contributed by atoms with Gasteiger partial charge in [-0.05, 0) is 41.3 Å². The van der Waals surface area contributed by atoms with Crippen LogP contribution in [0.2, 0.25) is 0 Å². The van der Waals surface area contributed by atoms with Crippen LogP contribution < -0.4 is 37.3 Å². The summed E-state index contributed by atoms with van der Waals surface area (Å²) in [6.45, 7) is 2.65. The van der Waals surface area contributed by atoms with E-state index in [2.05, 4.69) is 25.8 Å². The van der Waals surface area contributed by atoms with Crippen molar-refractivity contribution in [2.45, 2.75) is 57.3 Å². The first-order valence-corrected chi connectivity index (χ1v) is 15.9. The Morgan fingerprint density at radius 2 is 1.27 bits per heavy atom. The largest absolute Gasteiger partial charge is 0.524 e. The normalized spacial score (nSPS) is 13.7. The first-order chi connectivity index (χ1) is 22.4. The Bertz CT molecular complexity index is 1510. The third-order valence-electron chi connectivity index (χ3n) is 6.70. The van der Waals surface area contributed by atoms with Gasteiger partial charge in [0.05, 0.1) is 13.0 Å². The maximum Gasteiger partial charge on any atom is 0.524 e. The molecule has 0 fully saturated rings. The molecule has 0 heterocycles. The Labute approximate surface area is 274 Å². The van der Waals surface area contributed by atoms with Crippen LogP contribution in [0.25, 0.3) is 0 Å². The summed E-state index contributed by atoms with van der Waals surface area (Å²) >= 11 is 0. The molecule has 2 rings (SSSR count). The Hall–Kier alpha value is -5.03. The molecule has 18 nitrogen and oxygen atoms in total. The van der Waals surface area contributed by atoms with E-state index in [1.165, 1.54) is 48.5 Å². The van der Waals surface area contributed by atoms with Gasteiger partial charge < -0.3 is 47.5 Å². The number of carboxylic acid groups (broad SMARTS) is 1. The highest BCUT2D eigenvalue weighted by Gasteiger charge is 2.33. The lowest BCUT2D eigenvalue weighted by atomic mass is 10.00. The molecular formula is C29H39N6O12P. The second kappa shape index (κ2) is 17.8. The van der Waals surface area contributed by atoms with Gasteiger partial charge in [-0.25, -0.2) is 9.36 Å². The minimum Gasteiger partial charge on any atom is -0.508 e. The maximum absolute atomic E-state index is 13.3. The third-order valence-corrected chi connectivity index (χ3v) is 7.15. The fraction of sp³-hybridized carbons (Fsp3) is 0.379. The highest BCUT2D eigenvalue weighted by Crippen LogP contribution is 2.37. The number of phosphoric acid groups is 1. The number of aliphatic carboxylic acids is 1. The number of phenols is 1. The average Bonchev–Trinajstić information content (AvgIpc) is 2.99. The number of phenolic OH excluding ortho intramolecular Hbond substituents is 1. The zero-order valence-electron chi connectivity index (χ0n) is 26.0. The Kier molecular flexibility index (Phi) is 14.5. The topological polar surface area (TPSA) is 310 Å². The van der Waals surface area contributed by atoms with Crippen molar-refractivity contribution < 1.29 is 57.9 Å². The molecule has 0 radical (unpaired) electrons. The van der Waals surface area contributed by atoms with Crippen LogP contribution in [0.5, 0.6) is 11.5 Å². The highest BCUT2D eigenvalue weighted by molar-refractivity contribution is 7.46. The van der Waals surface area contributed by atoms with Gasteiger partial charge in [0.15, 0.2) is 0 Å². The van der Waals surface area contributed by atoms with Crippen LogP contribution in [0.15, 0.2) is 48.5 Å². The summed E-state index contributed by atoms with van der Waals surface area (Å²) in [6.07, 6.45) is -1.04. The van der Waals surface area contributed by atoms with E-state index in [0.717, 1.165) is 0 Å². The Balaban J connectivity index is 2.20. The van der Waals surface area contributed by atoms with Gasteiger partial charge >= 0.3 is 13.8 Å². The average molecular weight is 695 g/mol. The molecule has 0 saturated carbocycles. The number of carbonyl (C=O) groups is 6. The summed E-state index contributed by atoms with van der Waals surface area (Å²) in [5, 5.41) is 28.8. The first-order valence-electron chi connectivity index (χ1n) is 14.4. The lowest BCUT2D eigenvalue weighted by Crippen LogP contribution is -2.60. The molecule has 0 aliphatic carbocycles. The van der Waals surface area contributed by atoms with Gasteiger partial charge in [0, 0.05) is 12.8 Å². The fourth-order valence-corrected chi connectivity index (χ4v) is 4.72. The molecule has 0 bridgehead atoms. The number of phosphoric ester groups is 1. The van der Waals surface area contributed by atoms with Crippen molar-refractivity contribution in [3.63, 3.8) is 0 Å². The number of carbonyl (C=O) groups excluding carboxylic acids is 5. The molecule has 0 spiro atoms. The first kappa shape index (κ1) is 39.1. The molecule has 19 heteroatoms. The van der Waals surface area contributed by atoms with Crippen LogP contribution in [0.4, 0.5) is 0 Å². The van der Waals surface area contributed by atoms with Gasteiger partial charge in [-0.3, -0.25) is 33.8 Å². The smallest absolute Gasteiger partial charge is 0.508 e. The van der Waals surface area contributed by atoms with Crippen molar-refractivity contribution in [3.8, 4) is 11.5 Å². The summed E-state index contributed by atoms with van der Waals surface area (Å²) in [6, 6.07) is 5.11. The molecule has 0 aliphatic rings. The van der Waals surface area contributed by atoms with E-state index in [9.17, 15) is 43.5 Å². The van der Waals surface area contributed by atoms with Crippen molar-refractivity contribution in [1.29, 1.82) is 0 Å². The number of hydrogen-bond acceptors (Lipinski definition) is 10. The van der Waals surface area contributed by atoms with Gasteiger partial charge in [-0.2, -0.15) is 0 Å². The zero-order valence-corrected chi connectivity index (χ0v) is 26.9. The number of nitrogens with one attached hydrogen (secondary N) is 4. The number of rotatable bonds is 18. The van der Waals surface area contributed by atoms with E-state index in [1.807, 2.05) is 0 Å². The monoisotopic (exact) mass is 694 g/mol. The molecule has 4 atom stereocenters. The van der Waals surface area contributed by atoms with Gasteiger partial charge in [0.2, 0.25) is 29.5 Å². The van der Waals surface area contributed by atoms with E-state index in [0.29, 0.717) is 11.1 Å². The lowest BCUT2D eigenvalue weighted by Gasteiger charge is -2.27. The third kappa shape index (κ3) is 13.4. The van der Waals surface area contributed by atoms with Crippen LogP contribution in [0, 0.1) is 5.92 Å². The molecule has 0 aromatic heterocycles. The molecule has 262 valence electrons. The zero-order chi connectivity index (χ0) is 36.2. The van der Waals surface area contributed by atoms with Crippen molar-refractivity contribution in [2.24, 2.45) is 17.4 Å². The fourth-order valence-electron chi connectivity index (χ4n) is 4.32. The molecule has 0 saturated heterocycles. The van der Waals surface area contributed by atoms with Crippen LogP contribution in [-0.4, -0.2) is 86.2 Å². The summed E-state index contributed by atoms with van der Waals surface area (Å²) in [5.74, 6) is -6.73. The van der Waals surface area contributed by atoms with Crippen LogP contribution >= 0.6 is 7.82 Å². The van der Waals surface area contributed by atoms with Gasteiger partial charge in [0.25, 0.3) is 0 Å². The van der Waals surface area contributed by atoms with Crippen molar-refractivity contribution in [3.05, 3.63) is 59.7 Å². The molecule has 2 aromatic rings. The standard InChI is InChI=1S/C29H39N6O12P/c1-15(2)25(28(41)34-22(29(42)43)12-17-5-9-19(10-6-17)47-48(44,45)46)35-27(40)21(13-23(31)37)33-26(39)20(32-24(38)14-30)11-16-3-7-18(36)8-4-16/h3-10,15,20-22,25,36H,11-14,30H2,1-2H3,(H2,31,37)(H,32,38)(H,33,39)(H,34,41)(H,35,40)(H,42,43)(H2,44,45,46)/t20-,21-,22-,25-/m0/s1. The van der Waals surface area contributed by atoms with Crippen molar-refractivity contribution >= 4 is 43.3 Å². The van der Waals surface area contributed by atoms with E-state index >= 15 is 0 Å². The second-order valence-electron chi connectivity index (χ2n) is 11.0. The van der Waals surface area contributed by atoms with Crippen LogP contribution in [0.1, 0.15) is 31.4 Å². The maximum atomic E-state index is 13.3. The Morgan fingerprint density at radius 3 is 1.75 bits per heavy atom. The summed E-state index contributed by atoms with van der Waals surface area (Å²) in [4.78, 5) is 93.6. The molecule has 0 unspecified atom stereocenters. The van der Waals surface area contributed by atoms with E-state index in [-0.39, 0.29) is 24.3 Å². The number of hydrogen-bond donors (Lipinski definition) is 10. The lowest BCUT2D eigenvalue weighted by molar-refractivity contribution is -0.142. The van der Waals surface area contributed by atoms with Gasteiger partial charge in [-0.15, -0.1) is 0 Å². The number of carboxylic acids is 1. The van der Waals surface area contributed by atoms with Crippen molar-refractivity contribution in [2.75, 3.05) is 6.54 Å². The minimum absolute atomic E-state index is 0.0350. The predicted molar refractivity (Wildman–Crippen MR) is 168 cm³/mol. The predicted octanol–water partition coefficient (Wildman–Crippen LogP) is -1.84. The van der Waals surface area contributed by atoms with Gasteiger partial charge in [0.1, 0.15) is 35.7 Å². The quantitative estimate of drug-likeness (QED) is 0.0769. The number of aromatic hydroxyl groups is 1. The van der Waals surface area contributed by atoms with Crippen LogP contribution in [-0.2, 0) is 46.2 Å². The number of benzene rings is 2. The van der Waals surface area contributed by atoms with E-state index in [1.54, 1.807) is 13.8 Å². The second-order valence-corrected chi connectivity index (χ2v) is 12.1. The molecule has 2 aromatic carbocycles. The van der Waals surface area contributed by atoms with Gasteiger partial charge in [-0.1, -0.05) is 38.1 Å². The van der Waals surface area contributed by atoms with Crippen LogP contribution in [0.3, 0.4) is 0 Å². The SMILES string of the molecule is CC(C)[C@H](NC(=O)[C@H](CC(N)=O)NC(=O)[C@H](Cc1ccc(O)cc1)NC(=O)CN)C(=O)N[C@@H](Cc1ccc(OP(=O)(O)O)cc1)C(=O)O. The molecule has 5 amide bonds. The summed E-state index contributed by atoms with van der Waals surface area (Å²) in [7, 11) is -4.81. The Morgan fingerprint density at radius 1 is 0.771 bits per heavy atom. The molecule has 0 aliphatic heterocycles. The minimum atomic E-state index is -4.81.